The molecule has 1 saturated heterocycles. The van der Waals surface area contributed by atoms with Crippen molar-refractivity contribution in [3.05, 3.63) is 69.7 Å². The molecule has 3 heterocycles. The highest BCUT2D eigenvalue weighted by atomic mass is 32.1. The van der Waals surface area contributed by atoms with Crippen molar-refractivity contribution in [3.8, 4) is 11.3 Å². The molecule has 2 aromatic carbocycles. The van der Waals surface area contributed by atoms with Crippen LogP contribution in [0, 0.1) is 19.3 Å². The maximum absolute atomic E-state index is 10.8. The molecule has 5 rings (SSSR count). The molecule has 0 bridgehead atoms. The van der Waals surface area contributed by atoms with Gasteiger partial charge in [-0.25, -0.2) is 4.98 Å². The smallest absolute Gasteiger partial charge is 0.139 e. The minimum absolute atomic E-state index is 0.201. The maximum atomic E-state index is 10.8. The second-order valence-corrected chi connectivity index (χ2v) is 10.1. The molecule has 1 aromatic heterocycles. The van der Waals surface area contributed by atoms with Crippen LogP contribution in [0.3, 0.4) is 0 Å². The number of nitrogens with zero attached hydrogens (tertiary/aromatic N) is 4. The molecule has 0 saturated carbocycles. The standard InChI is InChI=1S/C26H29N5OS/c1-17-4-6-19(7-5-17)24-18(2)33-26(28-24)23-22(32)16-31(25(23)27)21-10-8-20(9-11-21)30-14-12-29(3)13-15-30/h4-11,27,32H,12-16H2,1-3H3. The monoisotopic (exact) mass is 459 g/mol. The molecule has 1 fully saturated rings. The number of anilines is 2. The first-order valence-corrected chi connectivity index (χ1v) is 12.1. The lowest BCUT2D eigenvalue weighted by atomic mass is 10.1. The molecule has 0 atom stereocenters. The van der Waals surface area contributed by atoms with E-state index in [0.29, 0.717) is 23.0 Å². The number of benzene rings is 2. The van der Waals surface area contributed by atoms with Crippen LogP contribution in [0.1, 0.15) is 15.4 Å². The minimum atomic E-state index is 0.201. The summed E-state index contributed by atoms with van der Waals surface area (Å²) in [6.45, 7) is 8.58. The van der Waals surface area contributed by atoms with Gasteiger partial charge in [0.15, 0.2) is 0 Å². The van der Waals surface area contributed by atoms with Gasteiger partial charge >= 0.3 is 0 Å². The van der Waals surface area contributed by atoms with E-state index in [2.05, 4.69) is 60.2 Å². The zero-order chi connectivity index (χ0) is 23.1. The van der Waals surface area contributed by atoms with Gasteiger partial charge in [-0.3, -0.25) is 5.41 Å². The lowest BCUT2D eigenvalue weighted by Gasteiger charge is -2.34. The Balaban J connectivity index is 1.36. The first kappa shape index (κ1) is 21.7. The molecule has 3 aromatic rings. The summed E-state index contributed by atoms with van der Waals surface area (Å²) in [4.78, 5) is 12.5. The quantitative estimate of drug-likeness (QED) is 0.578. The summed E-state index contributed by atoms with van der Waals surface area (Å²) in [6.07, 6.45) is 0. The third kappa shape index (κ3) is 4.14. The minimum Gasteiger partial charge on any atom is -0.510 e. The number of nitrogens with one attached hydrogen (secondary N) is 1. The number of hydrogen-bond acceptors (Lipinski definition) is 6. The van der Waals surface area contributed by atoms with Gasteiger partial charge in [-0.2, -0.15) is 0 Å². The molecule has 33 heavy (non-hydrogen) atoms. The van der Waals surface area contributed by atoms with E-state index >= 15 is 0 Å². The van der Waals surface area contributed by atoms with Gasteiger partial charge in [0.25, 0.3) is 0 Å². The number of amidine groups is 1. The van der Waals surface area contributed by atoms with Crippen molar-refractivity contribution in [2.45, 2.75) is 13.8 Å². The van der Waals surface area contributed by atoms with E-state index in [-0.39, 0.29) is 5.76 Å². The molecule has 7 heteroatoms. The van der Waals surface area contributed by atoms with Crippen LogP contribution in [0.15, 0.2) is 54.3 Å². The molecule has 0 spiro atoms. The largest absolute Gasteiger partial charge is 0.510 e. The number of thiazole rings is 1. The van der Waals surface area contributed by atoms with Crippen molar-refractivity contribution in [1.29, 1.82) is 5.41 Å². The number of aryl methyl sites for hydroxylation is 2. The molecule has 2 N–H and O–H groups in total. The molecular formula is C26H29N5OS. The third-order valence-electron chi connectivity index (χ3n) is 6.47. The Kier molecular flexibility index (Phi) is 5.68. The second kappa shape index (κ2) is 8.65. The third-order valence-corrected chi connectivity index (χ3v) is 7.46. The second-order valence-electron chi connectivity index (χ2n) is 8.85. The number of likely N-dealkylation sites (N-methyl/N-ethyl adjacent to an activating group) is 1. The van der Waals surface area contributed by atoms with Gasteiger partial charge in [-0.1, -0.05) is 29.8 Å². The summed E-state index contributed by atoms with van der Waals surface area (Å²) in [7, 11) is 2.16. The van der Waals surface area contributed by atoms with Crippen LogP contribution in [0.5, 0.6) is 0 Å². The van der Waals surface area contributed by atoms with Gasteiger partial charge in [-0.05, 0) is 45.2 Å². The topological polar surface area (TPSA) is 66.7 Å². The average molecular weight is 460 g/mol. The highest BCUT2D eigenvalue weighted by Crippen LogP contribution is 2.37. The first-order valence-electron chi connectivity index (χ1n) is 11.3. The predicted molar refractivity (Wildman–Crippen MR) is 138 cm³/mol. The van der Waals surface area contributed by atoms with Crippen LogP contribution in [0.4, 0.5) is 11.4 Å². The summed E-state index contributed by atoms with van der Waals surface area (Å²) < 4.78 is 0. The Morgan fingerprint density at radius 1 is 0.909 bits per heavy atom. The van der Waals surface area contributed by atoms with Crippen LogP contribution >= 0.6 is 11.3 Å². The van der Waals surface area contributed by atoms with Crippen LogP contribution < -0.4 is 9.80 Å². The Bertz CT molecular complexity index is 1200. The summed E-state index contributed by atoms with van der Waals surface area (Å²) in [5, 5.41) is 20.3. The van der Waals surface area contributed by atoms with E-state index in [0.717, 1.165) is 48.0 Å². The summed E-state index contributed by atoms with van der Waals surface area (Å²) in [6, 6.07) is 16.6. The van der Waals surface area contributed by atoms with Crippen molar-refractivity contribution < 1.29 is 5.11 Å². The van der Waals surface area contributed by atoms with Crippen molar-refractivity contribution in [2.24, 2.45) is 0 Å². The predicted octanol–water partition coefficient (Wildman–Crippen LogP) is 4.95. The van der Waals surface area contributed by atoms with Gasteiger partial charge in [0.05, 0.1) is 17.8 Å². The fourth-order valence-corrected chi connectivity index (χ4v) is 5.42. The number of piperazine rings is 1. The first-order chi connectivity index (χ1) is 15.9. The Morgan fingerprint density at radius 2 is 1.55 bits per heavy atom. The van der Waals surface area contributed by atoms with Crippen LogP contribution in [0.25, 0.3) is 16.8 Å². The van der Waals surface area contributed by atoms with E-state index in [1.54, 1.807) is 0 Å². The Morgan fingerprint density at radius 3 is 2.21 bits per heavy atom. The number of rotatable bonds is 4. The molecule has 0 unspecified atom stereocenters. The van der Waals surface area contributed by atoms with E-state index < -0.39 is 0 Å². The Labute approximate surface area is 198 Å². The van der Waals surface area contributed by atoms with Crippen LogP contribution in [-0.4, -0.2) is 60.6 Å². The Hall–Kier alpha value is -3.16. The van der Waals surface area contributed by atoms with E-state index in [1.807, 2.05) is 24.0 Å². The average Bonchev–Trinajstić information content (AvgIpc) is 3.33. The lowest BCUT2D eigenvalue weighted by Crippen LogP contribution is -2.44. The summed E-state index contributed by atoms with van der Waals surface area (Å²) >= 11 is 1.53. The highest BCUT2D eigenvalue weighted by molar-refractivity contribution is 7.13. The van der Waals surface area contributed by atoms with E-state index in [1.165, 1.54) is 22.6 Å². The van der Waals surface area contributed by atoms with Gasteiger partial charge in [0.1, 0.15) is 16.6 Å². The fraction of sp³-hybridized carbons (Fsp3) is 0.308. The SMILES string of the molecule is Cc1ccc(-c2nc(C3=C(O)CN(c4ccc(N5CCN(C)CC5)cc4)C3=N)sc2C)cc1. The summed E-state index contributed by atoms with van der Waals surface area (Å²) in [5.41, 5.74) is 5.82. The van der Waals surface area contributed by atoms with E-state index in [9.17, 15) is 5.11 Å². The van der Waals surface area contributed by atoms with Crippen molar-refractivity contribution in [2.75, 3.05) is 49.6 Å². The normalized spacial score (nSPS) is 17.4. The molecule has 2 aliphatic rings. The maximum Gasteiger partial charge on any atom is 0.139 e. The number of aliphatic hydroxyl groups excluding tert-OH is 1. The van der Waals surface area contributed by atoms with E-state index in [4.69, 9.17) is 10.4 Å². The van der Waals surface area contributed by atoms with Gasteiger partial charge in [0, 0.05) is 48.0 Å². The molecule has 2 aliphatic heterocycles. The zero-order valence-corrected chi connectivity index (χ0v) is 20.1. The van der Waals surface area contributed by atoms with Gasteiger partial charge in [-0.15, -0.1) is 11.3 Å². The molecular weight excluding hydrogens is 430 g/mol. The van der Waals surface area contributed by atoms with Crippen molar-refractivity contribution in [1.82, 2.24) is 9.88 Å². The van der Waals surface area contributed by atoms with Gasteiger partial charge in [0.2, 0.25) is 0 Å². The van der Waals surface area contributed by atoms with Gasteiger partial charge < -0.3 is 19.8 Å². The van der Waals surface area contributed by atoms with Crippen molar-refractivity contribution in [3.63, 3.8) is 0 Å². The van der Waals surface area contributed by atoms with Crippen molar-refractivity contribution >= 4 is 34.1 Å². The number of aromatic nitrogens is 1. The molecule has 0 aliphatic carbocycles. The number of aliphatic hydroxyl groups is 1. The fourth-order valence-electron chi connectivity index (χ4n) is 4.42. The molecule has 0 amide bonds. The number of hydrogen-bond donors (Lipinski definition) is 2. The molecule has 0 radical (unpaired) electrons. The summed E-state index contributed by atoms with van der Waals surface area (Å²) in [5.74, 6) is 0.497. The highest BCUT2D eigenvalue weighted by Gasteiger charge is 2.32. The van der Waals surface area contributed by atoms with Crippen LogP contribution in [-0.2, 0) is 0 Å². The van der Waals surface area contributed by atoms with Crippen LogP contribution in [0.2, 0.25) is 0 Å². The zero-order valence-electron chi connectivity index (χ0n) is 19.3. The lowest BCUT2D eigenvalue weighted by molar-refractivity contribution is 0.313. The molecule has 6 nitrogen and oxygen atoms in total. The molecule has 170 valence electrons.